The molecule has 0 aliphatic carbocycles. The zero-order valence-electron chi connectivity index (χ0n) is 17.1. The van der Waals surface area contributed by atoms with Crippen LogP contribution in [0.2, 0.25) is 0 Å². The van der Waals surface area contributed by atoms with Gasteiger partial charge in [0.15, 0.2) is 11.5 Å². The van der Waals surface area contributed by atoms with Crippen LogP contribution in [0.5, 0.6) is 5.75 Å². The van der Waals surface area contributed by atoms with Crippen molar-refractivity contribution >= 4 is 22.1 Å². The Labute approximate surface area is 182 Å². The number of hydrogen-bond acceptors (Lipinski definition) is 6. The highest BCUT2D eigenvalue weighted by molar-refractivity contribution is 5.95. The molecule has 0 fully saturated rings. The monoisotopic (exact) mass is 419 g/mol. The normalized spacial score (nSPS) is 11.3. The molecule has 32 heavy (non-hydrogen) atoms. The number of imidazole rings is 1. The van der Waals surface area contributed by atoms with Gasteiger partial charge in [-0.25, -0.2) is 9.97 Å². The van der Waals surface area contributed by atoms with E-state index in [1.807, 2.05) is 54.6 Å². The summed E-state index contributed by atoms with van der Waals surface area (Å²) in [5.74, 6) is 1.39. The molecule has 5 aromatic heterocycles. The van der Waals surface area contributed by atoms with Crippen LogP contribution in [-0.2, 0) is 0 Å². The Morgan fingerprint density at radius 3 is 2.53 bits per heavy atom. The number of nitrogens with one attached hydrogen (secondary N) is 2. The van der Waals surface area contributed by atoms with Gasteiger partial charge in [0.25, 0.3) is 0 Å². The van der Waals surface area contributed by atoms with Crippen LogP contribution in [0.4, 0.5) is 0 Å². The summed E-state index contributed by atoms with van der Waals surface area (Å²) in [4.78, 5) is 21.7. The minimum atomic E-state index is 0.628. The molecular formula is C24H17N7O. The number of benzene rings is 1. The summed E-state index contributed by atoms with van der Waals surface area (Å²) >= 11 is 0. The Hall–Kier alpha value is -4.59. The molecule has 0 saturated carbocycles. The lowest BCUT2D eigenvalue weighted by Crippen LogP contribution is -1.88. The lowest BCUT2D eigenvalue weighted by atomic mass is 10.1. The number of aromatic amines is 2. The fourth-order valence-electron chi connectivity index (χ4n) is 3.78. The molecule has 0 saturated heterocycles. The number of aromatic nitrogens is 7. The second-order valence-corrected chi connectivity index (χ2v) is 7.27. The van der Waals surface area contributed by atoms with Gasteiger partial charge in [0.2, 0.25) is 0 Å². The molecular weight excluding hydrogens is 402 g/mol. The summed E-state index contributed by atoms with van der Waals surface area (Å²) in [6.07, 6.45) is 5.27. The SMILES string of the molecule is COc1cccc(-c2nccc3[nH]c(-c4n[nH]c5ccc(-c6ccncc6)nc45)nc23)c1. The third-order valence-corrected chi connectivity index (χ3v) is 5.35. The van der Waals surface area contributed by atoms with Gasteiger partial charge in [-0.15, -0.1) is 0 Å². The highest BCUT2D eigenvalue weighted by atomic mass is 16.5. The minimum Gasteiger partial charge on any atom is -0.497 e. The van der Waals surface area contributed by atoms with Gasteiger partial charge < -0.3 is 9.72 Å². The Morgan fingerprint density at radius 2 is 1.66 bits per heavy atom. The van der Waals surface area contributed by atoms with Crippen LogP contribution in [0.15, 0.2) is 73.2 Å². The highest BCUT2D eigenvalue weighted by Crippen LogP contribution is 2.31. The molecule has 5 heterocycles. The second kappa shape index (κ2) is 7.28. The molecule has 0 unspecified atom stereocenters. The average Bonchev–Trinajstić information content (AvgIpc) is 3.48. The third kappa shape index (κ3) is 2.97. The number of rotatable bonds is 4. The van der Waals surface area contributed by atoms with E-state index in [0.717, 1.165) is 50.3 Å². The number of nitrogens with zero attached hydrogens (tertiary/aromatic N) is 5. The Kier molecular flexibility index (Phi) is 4.14. The van der Waals surface area contributed by atoms with Gasteiger partial charge in [-0.3, -0.25) is 15.1 Å². The van der Waals surface area contributed by atoms with Crippen LogP contribution in [0.3, 0.4) is 0 Å². The maximum atomic E-state index is 5.37. The van der Waals surface area contributed by atoms with E-state index >= 15 is 0 Å². The maximum Gasteiger partial charge on any atom is 0.161 e. The van der Waals surface area contributed by atoms with Crippen molar-refractivity contribution in [3.63, 3.8) is 0 Å². The van der Waals surface area contributed by atoms with Crippen molar-refractivity contribution in [2.24, 2.45) is 0 Å². The van der Waals surface area contributed by atoms with Crippen LogP contribution in [-0.4, -0.2) is 42.2 Å². The molecule has 0 aliphatic heterocycles. The molecule has 6 aromatic rings. The first-order valence-corrected chi connectivity index (χ1v) is 10.1. The third-order valence-electron chi connectivity index (χ3n) is 5.35. The summed E-state index contributed by atoms with van der Waals surface area (Å²) in [5.41, 5.74) is 7.40. The summed E-state index contributed by atoms with van der Waals surface area (Å²) in [6.45, 7) is 0. The van der Waals surface area contributed by atoms with E-state index in [1.54, 1.807) is 25.7 Å². The van der Waals surface area contributed by atoms with Gasteiger partial charge in [0, 0.05) is 29.7 Å². The van der Waals surface area contributed by atoms with Crippen LogP contribution < -0.4 is 4.74 Å². The second-order valence-electron chi connectivity index (χ2n) is 7.27. The molecule has 0 atom stereocenters. The molecule has 0 amide bonds. The zero-order chi connectivity index (χ0) is 21.5. The van der Waals surface area contributed by atoms with Crippen molar-refractivity contribution in [3.05, 3.63) is 73.2 Å². The summed E-state index contributed by atoms with van der Waals surface area (Å²) < 4.78 is 5.37. The molecule has 2 N–H and O–H groups in total. The van der Waals surface area contributed by atoms with Crippen LogP contribution in [0.1, 0.15) is 0 Å². The van der Waals surface area contributed by atoms with E-state index in [9.17, 15) is 0 Å². The molecule has 0 aliphatic rings. The lowest BCUT2D eigenvalue weighted by Gasteiger charge is -2.04. The van der Waals surface area contributed by atoms with Gasteiger partial charge in [-0.1, -0.05) is 12.1 Å². The van der Waals surface area contributed by atoms with E-state index in [0.29, 0.717) is 11.5 Å². The number of pyridine rings is 3. The Morgan fingerprint density at radius 1 is 0.781 bits per heavy atom. The van der Waals surface area contributed by atoms with Crippen molar-refractivity contribution in [1.82, 2.24) is 35.1 Å². The number of ether oxygens (including phenoxy) is 1. The van der Waals surface area contributed by atoms with Gasteiger partial charge in [0.1, 0.15) is 16.8 Å². The number of hydrogen-bond donors (Lipinski definition) is 2. The molecule has 8 heteroatoms. The standard InChI is InChI=1S/C24H17N7O/c1-32-16-4-2-3-15(13-16)20-21-18(9-12-26-20)28-24(29-21)23-22-19(30-31-23)6-5-17(27-22)14-7-10-25-11-8-14/h2-13H,1H3,(H,28,29)(H,30,31). The van der Waals surface area contributed by atoms with Crippen molar-refractivity contribution in [1.29, 1.82) is 0 Å². The van der Waals surface area contributed by atoms with Gasteiger partial charge >= 0.3 is 0 Å². The lowest BCUT2D eigenvalue weighted by molar-refractivity contribution is 0.415. The smallest absolute Gasteiger partial charge is 0.161 e. The van der Waals surface area contributed by atoms with Crippen molar-refractivity contribution < 1.29 is 4.74 Å². The van der Waals surface area contributed by atoms with Crippen LogP contribution >= 0.6 is 0 Å². The van der Waals surface area contributed by atoms with Crippen molar-refractivity contribution in [2.45, 2.75) is 0 Å². The first-order valence-electron chi connectivity index (χ1n) is 10.1. The first kappa shape index (κ1) is 18.2. The van der Waals surface area contributed by atoms with Gasteiger partial charge in [0.05, 0.1) is 29.5 Å². The summed E-state index contributed by atoms with van der Waals surface area (Å²) in [6, 6.07) is 17.5. The zero-order valence-corrected chi connectivity index (χ0v) is 17.1. The quantitative estimate of drug-likeness (QED) is 0.431. The molecule has 0 radical (unpaired) electrons. The first-order chi connectivity index (χ1) is 15.8. The predicted octanol–water partition coefficient (Wildman–Crippen LogP) is 4.63. The highest BCUT2D eigenvalue weighted by Gasteiger charge is 2.17. The van der Waals surface area contributed by atoms with E-state index in [2.05, 4.69) is 25.1 Å². The average molecular weight is 419 g/mol. The predicted molar refractivity (Wildman–Crippen MR) is 122 cm³/mol. The van der Waals surface area contributed by atoms with Crippen LogP contribution in [0.25, 0.3) is 56.1 Å². The molecule has 8 nitrogen and oxygen atoms in total. The van der Waals surface area contributed by atoms with Gasteiger partial charge in [-0.2, -0.15) is 5.10 Å². The molecule has 6 rings (SSSR count). The topological polar surface area (TPSA) is 105 Å². The maximum absolute atomic E-state index is 5.37. The van der Waals surface area contributed by atoms with Crippen molar-refractivity contribution in [2.75, 3.05) is 7.11 Å². The molecule has 0 spiro atoms. The van der Waals surface area contributed by atoms with Crippen LogP contribution in [0, 0.1) is 0 Å². The van der Waals surface area contributed by atoms with E-state index in [4.69, 9.17) is 14.7 Å². The molecule has 1 aromatic carbocycles. The number of fused-ring (bicyclic) bond motifs is 2. The van der Waals surface area contributed by atoms with E-state index in [-0.39, 0.29) is 0 Å². The summed E-state index contributed by atoms with van der Waals surface area (Å²) in [5, 5.41) is 7.55. The molecule has 0 bridgehead atoms. The molecule has 154 valence electrons. The fourth-order valence-corrected chi connectivity index (χ4v) is 3.78. The van der Waals surface area contributed by atoms with Gasteiger partial charge in [-0.05, 0) is 42.5 Å². The largest absolute Gasteiger partial charge is 0.497 e. The number of methoxy groups -OCH3 is 1. The number of H-pyrrole nitrogens is 2. The summed E-state index contributed by atoms with van der Waals surface area (Å²) in [7, 11) is 1.65. The Bertz CT molecular complexity index is 1570. The van der Waals surface area contributed by atoms with Crippen molar-refractivity contribution in [3.8, 4) is 39.8 Å². The van der Waals surface area contributed by atoms with E-state index < -0.39 is 0 Å². The fraction of sp³-hybridized carbons (Fsp3) is 0.0417. The Balaban J connectivity index is 1.50. The minimum absolute atomic E-state index is 0.628. The van der Waals surface area contributed by atoms with E-state index in [1.165, 1.54) is 0 Å².